The fourth-order valence-electron chi connectivity index (χ4n) is 4.76. The fraction of sp³-hybridized carbons (Fsp3) is 0.464. The van der Waals surface area contributed by atoms with Crippen molar-refractivity contribution in [3.05, 3.63) is 65.2 Å². The van der Waals surface area contributed by atoms with Gasteiger partial charge in [-0.15, -0.1) is 0 Å². The molecule has 7 nitrogen and oxygen atoms in total. The number of hydrogen-bond donors (Lipinski definition) is 3. The zero-order valence-corrected chi connectivity index (χ0v) is 21.1. The fourth-order valence-corrected chi connectivity index (χ4v) is 4.76. The Hall–Kier alpha value is -3.26. The van der Waals surface area contributed by atoms with Gasteiger partial charge in [0.1, 0.15) is 11.5 Å². The third-order valence-electron chi connectivity index (χ3n) is 7.08. The van der Waals surface area contributed by atoms with Gasteiger partial charge in [-0.3, -0.25) is 19.4 Å². The molecule has 1 aliphatic rings. The molecular weight excluding hydrogens is 459 g/mol. The Labute approximate surface area is 211 Å². The number of halogens is 1. The van der Waals surface area contributed by atoms with Gasteiger partial charge in [0.2, 0.25) is 11.7 Å². The number of pyridine rings is 1. The Kier molecular flexibility index (Phi) is 9.58. The summed E-state index contributed by atoms with van der Waals surface area (Å²) in [4.78, 5) is 43.4. The first kappa shape index (κ1) is 27.3. The van der Waals surface area contributed by atoms with Gasteiger partial charge in [0.25, 0.3) is 0 Å². The van der Waals surface area contributed by atoms with Crippen LogP contribution in [0.1, 0.15) is 79.9 Å². The molecule has 2 aromatic rings. The van der Waals surface area contributed by atoms with E-state index >= 15 is 0 Å². The Morgan fingerprint density at radius 1 is 1.11 bits per heavy atom. The Bertz CT molecular complexity index is 1100. The molecule has 1 fully saturated rings. The average Bonchev–Trinajstić information content (AvgIpc) is 2.91. The number of aromatic nitrogens is 1. The van der Waals surface area contributed by atoms with Gasteiger partial charge < -0.3 is 16.0 Å². The van der Waals surface area contributed by atoms with Crippen LogP contribution < -0.4 is 10.6 Å². The molecule has 192 valence electrons. The molecule has 0 spiro atoms. The number of ketones is 2. The van der Waals surface area contributed by atoms with Crippen molar-refractivity contribution in [2.24, 2.45) is 5.92 Å². The third kappa shape index (κ3) is 6.49. The third-order valence-corrected chi connectivity index (χ3v) is 7.08. The van der Waals surface area contributed by atoms with E-state index in [1.165, 1.54) is 30.5 Å². The number of carbonyl (C=O) groups is 3. The first-order valence-corrected chi connectivity index (χ1v) is 12.6. The molecule has 36 heavy (non-hydrogen) atoms. The van der Waals surface area contributed by atoms with Gasteiger partial charge >= 0.3 is 0 Å². The van der Waals surface area contributed by atoms with Crippen LogP contribution in [0.2, 0.25) is 0 Å². The summed E-state index contributed by atoms with van der Waals surface area (Å²) in [5.74, 6) is -2.00. The van der Waals surface area contributed by atoms with E-state index in [4.69, 9.17) is 5.41 Å². The van der Waals surface area contributed by atoms with Crippen molar-refractivity contribution in [1.82, 2.24) is 15.6 Å². The topological polar surface area (TPSA) is 112 Å². The highest BCUT2D eigenvalue weighted by Gasteiger charge is 2.36. The highest BCUT2D eigenvalue weighted by Crippen LogP contribution is 2.29. The van der Waals surface area contributed by atoms with Crippen molar-refractivity contribution in [3.63, 3.8) is 0 Å². The number of carbonyl (C=O) groups excluding carboxylic acids is 3. The van der Waals surface area contributed by atoms with Crippen molar-refractivity contribution < 1.29 is 18.8 Å². The number of likely N-dealkylation sites (N-methyl/N-ethyl adjacent to an activating group) is 1. The van der Waals surface area contributed by atoms with E-state index in [2.05, 4.69) is 15.6 Å². The lowest BCUT2D eigenvalue weighted by Gasteiger charge is -2.32. The van der Waals surface area contributed by atoms with Gasteiger partial charge in [-0.1, -0.05) is 26.2 Å². The molecule has 1 saturated carbocycles. The van der Waals surface area contributed by atoms with E-state index in [0.29, 0.717) is 17.5 Å². The maximum atomic E-state index is 13.7. The van der Waals surface area contributed by atoms with Gasteiger partial charge in [-0.2, -0.15) is 0 Å². The number of nitrogens with one attached hydrogen (secondary N) is 3. The monoisotopic (exact) mass is 494 g/mol. The van der Waals surface area contributed by atoms with Crippen LogP contribution in [0.3, 0.4) is 0 Å². The molecule has 0 aliphatic heterocycles. The SMILES string of the molecule is CC[C@H](C(=N)C(=O)[C@@H](NC(=O)[C@H](C)NC)C1CCCCC1)c1ccnc(C(=O)c2ccc(F)cc2)c1. The van der Waals surface area contributed by atoms with Gasteiger partial charge in [-0.25, -0.2) is 4.39 Å². The van der Waals surface area contributed by atoms with E-state index in [1.54, 1.807) is 26.1 Å². The zero-order chi connectivity index (χ0) is 26.2. The van der Waals surface area contributed by atoms with Gasteiger partial charge in [0, 0.05) is 17.7 Å². The smallest absolute Gasteiger partial charge is 0.237 e. The molecule has 1 heterocycles. The predicted molar refractivity (Wildman–Crippen MR) is 137 cm³/mol. The summed E-state index contributed by atoms with van der Waals surface area (Å²) >= 11 is 0. The number of benzene rings is 1. The van der Waals surface area contributed by atoms with E-state index in [-0.39, 0.29) is 34.8 Å². The highest BCUT2D eigenvalue weighted by molar-refractivity contribution is 6.42. The van der Waals surface area contributed by atoms with Crippen LogP contribution in [0.4, 0.5) is 4.39 Å². The Balaban J connectivity index is 1.85. The average molecular weight is 495 g/mol. The first-order valence-electron chi connectivity index (χ1n) is 12.6. The minimum atomic E-state index is -0.752. The molecule has 0 saturated heterocycles. The lowest BCUT2D eigenvalue weighted by molar-refractivity contribution is -0.127. The van der Waals surface area contributed by atoms with Crippen molar-refractivity contribution in [2.75, 3.05) is 7.05 Å². The van der Waals surface area contributed by atoms with Crippen LogP contribution in [-0.4, -0.2) is 47.3 Å². The van der Waals surface area contributed by atoms with Gasteiger partial charge in [0.15, 0.2) is 5.78 Å². The lowest BCUT2D eigenvalue weighted by atomic mass is 9.78. The van der Waals surface area contributed by atoms with Gasteiger partial charge in [0.05, 0.1) is 17.8 Å². The standard InChI is InChI=1S/C28H35FN4O3/c1-4-22(20-14-15-32-23(16-20)26(34)19-10-12-21(29)13-11-19)24(30)27(35)25(18-8-6-5-7-9-18)33-28(36)17(2)31-3/h10-18,22,25,30-31H,4-9H2,1-3H3,(H,33,36)/t17-,22-,25-/m0/s1. The van der Waals surface area contributed by atoms with Crippen molar-refractivity contribution >= 4 is 23.2 Å². The summed E-state index contributed by atoms with van der Waals surface area (Å²) < 4.78 is 13.3. The number of rotatable bonds is 11. The van der Waals surface area contributed by atoms with Crippen LogP contribution in [0.25, 0.3) is 0 Å². The summed E-state index contributed by atoms with van der Waals surface area (Å²) in [5, 5.41) is 14.6. The predicted octanol–water partition coefficient (Wildman–Crippen LogP) is 4.21. The molecule has 8 heteroatoms. The molecule has 1 aromatic heterocycles. The quantitative estimate of drug-likeness (QED) is 0.320. The Morgan fingerprint density at radius 2 is 1.78 bits per heavy atom. The van der Waals surface area contributed by atoms with Crippen LogP contribution in [0.5, 0.6) is 0 Å². The highest BCUT2D eigenvalue weighted by atomic mass is 19.1. The molecule has 0 radical (unpaired) electrons. The van der Waals surface area contributed by atoms with Crippen molar-refractivity contribution in [1.29, 1.82) is 5.41 Å². The minimum absolute atomic E-state index is 0.00910. The second-order valence-electron chi connectivity index (χ2n) is 9.44. The number of nitrogens with zero attached hydrogens (tertiary/aromatic N) is 1. The summed E-state index contributed by atoms with van der Waals surface area (Å²) in [6.07, 6.45) is 6.72. The normalized spacial score (nSPS) is 16.6. The van der Waals surface area contributed by atoms with Gasteiger partial charge in [-0.05, 0) is 81.1 Å². The summed E-state index contributed by atoms with van der Waals surface area (Å²) in [5.41, 5.74) is 1.02. The number of amides is 1. The molecule has 1 aromatic carbocycles. The van der Waals surface area contributed by atoms with E-state index in [1.807, 2.05) is 6.92 Å². The van der Waals surface area contributed by atoms with E-state index < -0.39 is 23.8 Å². The van der Waals surface area contributed by atoms with Crippen molar-refractivity contribution in [3.8, 4) is 0 Å². The lowest BCUT2D eigenvalue weighted by Crippen LogP contribution is -2.53. The maximum Gasteiger partial charge on any atom is 0.237 e. The largest absolute Gasteiger partial charge is 0.344 e. The maximum absolute atomic E-state index is 13.7. The number of Topliss-reactive ketones (excluding diaryl/α,β-unsaturated/α-hetero) is 1. The molecule has 0 unspecified atom stereocenters. The molecule has 3 N–H and O–H groups in total. The zero-order valence-electron chi connectivity index (χ0n) is 21.1. The van der Waals surface area contributed by atoms with E-state index in [9.17, 15) is 18.8 Å². The molecular formula is C28H35FN4O3. The van der Waals surface area contributed by atoms with E-state index in [0.717, 1.165) is 32.1 Å². The summed E-state index contributed by atoms with van der Waals surface area (Å²) in [6.45, 7) is 3.61. The van der Waals surface area contributed by atoms with Crippen LogP contribution in [0.15, 0.2) is 42.6 Å². The second kappa shape index (κ2) is 12.6. The molecule has 1 aliphatic carbocycles. The molecule has 3 atom stereocenters. The molecule has 1 amide bonds. The second-order valence-corrected chi connectivity index (χ2v) is 9.44. The summed E-state index contributed by atoms with van der Waals surface area (Å²) in [7, 11) is 1.69. The number of hydrogen-bond acceptors (Lipinski definition) is 6. The summed E-state index contributed by atoms with van der Waals surface area (Å²) in [6, 6.07) is 7.33. The molecule has 0 bridgehead atoms. The molecule has 3 rings (SSSR count). The first-order chi connectivity index (χ1) is 17.3. The Morgan fingerprint density at radius 3 is 2.39 bits per heavy atom. The van der Waals surface area contributed by atoms with Crippen LogP contribution >= 0.6 is 0 Å². The van der Waals surface area contributed by atoms with Crippen molar-refractivity contribution in [2.45, 2.75) is 70.4 Å². The van der Waals surface area contributed by atoms with Crippen LogP contribution in [-0.2, 0) is 9.59 Å². The van der Waals surface area contributed by atoms with Crippen LogP contribution in [0, 0.1) is 17.1 Å². The minimum Gasteiger partial charge on any atom is -0.344 e.